The molecule has 0 bridgehead atoms. The predicted octanol–water partition coefficient (Wildman–Crippen LogP) is 2.25. The number of rotatable bonds is 3. The van der Waals surface area contributed by atoms with Crippen molar-refractivity contribution < 1.29 is 4.42 Å². The number of anilines is 1. The molecule has 1 aromatic heterocycles. The van der Waals surface area contributed by atoms with E-state index in [4.69, 9.17) is 4.42 Å². The van der Waals surface area contributed by atoms with Crippen LogP contribution in [0.15, 0.2) is 27.4 Å². The van der Waals surface area contributed by atoms with Crippen molar-refractivity contribution in [2.45, 2.75) is 19.3 Å². The number of oxazole rings is 1. The van der Waals surface area contributed by atoms with Crippen molar-refractivity contribution in [2.75, 3.05) is 18.5 Å². The molecule has 1 saturated carbocycles. The van der Waals surface area contributed by atoms with Gasteiger partial charge in [-0.05, 0) is 31.0 Å². The van der Waals surface area contributed by atoms with Gasteiger partial charge in [0.2, 0.25) is 0 Å². The van der Waals surface area contributed by atoms with Crippen molar-refractivity contribution in [3.8, 4) is 6.07 Å². The lowest BCUT2D eigenvalue weighted by Crippen LogP contribution is -2.39. The second kappa shape index (κ2) is 4.16. The fourth-order valence-corrected chi connectivity index (χ4v) is 2.63. The summed E-state index contributed by atoms with van der Waals surface area (Å²) in [4.78, 5) is 15.8. The van der Waals surface area contributed by atoms with Crippen molar-refractivity contribution in [3.05, 3.63) is 28.7 Å². The Kier molecular flexibility index (Phi) is 2.59. The Balaban J connectivity index is 1.87. The van der Waals surface area contributed by atoms with E-state index in [-0.39, 0.29) is 5.41 Å². The molecule has 1 aliphatic carbocycles. The van der Waals surface area contributed by atoms with Gasteiger partial charge in [-0.3, -0.25) is 4.98 Å². The number of hydrogen-bond donors (Lipinski definition) is 1. The standard InChI is InChI=1S/C14H15N3O2/c1-17(9-14(8-15)5-2-6-14)10-3-4-12-11(7-10)16-13(18)19-12/h3-4,7H,2,5-6,9H2,1H3,(H,16,18). The highest BCUT2D eigenvalue weighted by molar-refractivity contribution is 5.77. The van der Waals surface area contributed by atoms with E-state index in [1.807, 2.05) is 19.2 Å². The molecule has 1 N–H and O–H groups in total. The van der Waals surface area contributed by atoms with E-state index in [2.05, 4.69) is 16.0 Å². The van der Waals surface area contributed by atoms with Crippen molar-refractivity contribution in [3.63, 3.8) is 0 Å². The lowest BCUT2D eigenvalue weighted by atomic mass is 9.69. The third-order valence-corrected chi connectivity index (χ3v) is 3.93. The summed E-state index contributed by atoms with van der Waals surface area (Å²) in [5.41, 5.74) is 2.02. The smallest absolute Gasteiger partial charge is 0.408 e. The van der Waals surface area contributed by atoms with Crippen LogP contribution in [0, 0.1) is 16.7 Å². The highest BCUT2D eigenvalue weighted by Gasteiger charge is 2.38. The Bertz CT molecular complexity index is 703. The van der Waals surface area contributed by atoms with Gasteiger partial charge < -0.3 is 9.32 Å². The van der Waals surface area contributed by atoms with Gasteiger partial charge in [0.25, 0.3) is 0 Å². The molecule has 1 heterocycles. The predicted molar refractivity (Wildman–Crippen MR) is 72.0 cm³/mol. The number of H-pyrrole nitrogens is 1. The molecule has 1 fully saturated rings. The van der Waals surface area contributed by atoms with Gasteiger partial charge in [-0.2, -0.15) is 5.26 Å². The van der Waals surface area contributed by atoms with Gasteiger partial charge in [0, 0.05) is 19.3 Å². The van der Waals surface area contributed by atoms with E-state index in [0.717, 1.165) is 31.5 Å². The van der Waals surface area contributed by atoms with Crippen molar-refractivity contribution in [1.82, 2.24) is 4.98 Å². The highest BCUT2D eigenvalue weighted by Crippen LogP contribution is 2.41. The van der Waals surface area contributed by atoms with E-state index in [0.29, 0.717) is 11.1 Å². The van der Waals surface area contributed by atoms with Crippen molar-refractivity contribution in [2.24, 2.45) is 5.41 Å². The van der Waals surface area contributed by atoms with Crippen LogP contribution in [0.2, 0.25) is 0 Å². The molecule has 1 aromatic carbocycles. The number of hydrogen-bond acceptors (Lipinski definition) is 4. The zero-order chi connectivity index (χ0) is 13.5. The minimum absolute atomic E-state index is 0.201. The fraction of sp³-hybridized carbons (Fsp3) is 0.429. The fourth-order valence-electron chi connectivity index (χ4n) is 2.63. The third kappa shape index (κ3) is 1.99. The Hall–Kier alpha value is -2.22. The van der Waals surface area contributed by atoms with Gasteiger partial charge in [0.15, 0.2) is 5.58 Å². The SMILES string of the molecule is CN(CC1(C#N)CCC1)c1ccc2oc(=O)[nH]c2c1. The van der Waals surface area contributed by atoms with Crippen LogP contribution >= 0.6 is 0 Å². The molecule has 2 aromatic rings. The van der Waals surface area contributed by atoms with Crippen LogP contribution in [0.4, 0.5) is 5.69 Å². The number of nitrogens with one attached hydrogen (secondary N) is 1. The first-order chi connectivity index (χ1) is 9.12. The number of aromatic nitrogens is 1. The van der Waals surface area contributed by atoms with Gasteiger partial charge in [-0.1, -0.05) is 6.42 Å². The summed E-state index contributed by atoms with van der Waals surface area (Å²) < 4.78 is 4.98. The Morgan fingerprint density at radius 2 is 2.32 bits per heavy atom. The first-order valence-corrected chi connectivity index (χ1v) is 6.37. The molecule has 0 amide bonds. The molecule has 19 heavy (non-hydrogen) atoms. The maximum absolute atomic E-state index is 11.1. The second-order valence-electron chi connectivity index (χ2n) is 5.30. The summed E-state index contributed by atoms with van der Waals surface area (Å²) >= 11 is 0. The summed E-state index contributed by atoms with van der Waals surface area (Å²) in [6.07, 6.45) is 3.08. The largest absolute Gasteiger partial charge is 0.417 e. The maximum atomic E-state index is 11.1. The lowest BCUT2D eigenvalue weighted by Gasteiger charge is -2.39. The van der Waals surface area contributed by atoms with Crippen LogP contribution in [0.5, 0.6) is 0 Å². The minimum Gasteiger partial charge on any atom is -0.408 e. The monoisotopic (exact) mass is 257 g/mol. The first kappa shape index (κ1) is 11.8. The van der Waals surface area contributed by atoms with Gasteiger partial charge in [0.05, 0.1) is 17.0 Å². The molecule has 0 atom stereocenters. The van der Waals surface area contributed by atoms with Crippen LogP contribution in [-0.4, -0.2) is 18.6 Å². The normalized spacial score (nSPS) is 16.8. The van der Waals surface area contributed by atoms with E-state index >= 15 is 0 Å². The summed E-state index contributed by atoms with van der Waals surface area (Å²) in [5.74, 6) is -0.442. The molecule has 0 saturated heterocycles. The number of fused-ring (bicyclic) bond motifs is 1. The quantitative estimate of drug-likeness (QED) is 0.915. The van der Waals surface area contributed by atoms with Gasteiger partial charge >= 0.3 is 5.76 Å². The molecule has 0 spiro atoms. The Labute approximate surface area is 110 Å². The van der Waals surface area contributed by atoms with E-state index in [1.54, 1.807) is 6.07 Å². The van der Waals surface area contributed by atoms with Crippen LogP contribution in [0.3, 0.4) is 0 Å². The number of nitrogens with zero attached hydrogens (tertiary/aromatic N) is 2. The molecule has 3 rings (SSSR count). The van der Waals surface area contributed by atoms with Crippen LogP contribution < -0.4 is 10.7 Å². The average molecular weight is 257 g/mol. The number of aromatic amines is 1. The molecule has 5 heteroatoms. The second-order valence-corrected chi connectivity index (χ2v) is 5.30. The van der Waals surface area contributed by atoms with E-state index < -0.39 is 5.76 Å². The molecule has 0 aliphatic heterocycles. The zero-order valence-corrected chi connectivity index (χ0v) is 10.8. The Morgan fingerprint density at radius 3 is 2.95 bits per heavy atom. The van der Waals surface area contributed by atoms with E-state index in [1.165, 1.54) is 0 Å². The zero-order valence-electron chi connectivity index (χ0n) is 10.8. The van der Waals surface area contributed by atoms with Crippen LogP contribution in [0.1, 0.15) is 19.3 Å². The summed E-state index contributed by atoms with van der Waals surface area (Å²) in [5, 5.41) is 9.27. The van der Waals surface area contributed by atoms with Crippen molar-refractivity contribution in [1.29, 1.82) is 5.26 Å². The molecular formula is C14H15N3O2. The van der Waals surface area contributed by atoms with Gasteiger partial charge in [-0.15, -0.1) is 0 Å². The lowest BCUT2D eigenvalue weighted by molar-refractivity contribution is 0.223. The molecule has 0 unspecified atom stereocenters. The maximum Gasteiger partial charge on any atom is 0.417 e. The van der Waals surface area contributed by atoms with Crippen molar-refractivity contribution >= 4 is 16.8 Å². The summed E-state index contributed by atoms with van der Waals surface area (Å²) in [6, 6.07) is 8.00. The first-order valence-electron chi connectivity index (χ1n) is 6.37. The molecule has 98 valence electrons. The topological polar surface area (TPSA) is 73.0 Å². The Morgan fingerprint density at radius 1 is 1.53 bits per heavy atom. The minimum atomic E-state index is -0.442. The van der Waals surface area contributed by atoms with Gasteiger partial charge in [-0.25, -0.2) is 4.79 Å². The van der Waals surface area contributed by atoms with E-state index in [9.17, 15) is 10.1 Å². The molecule has 0 radical (unpaired) electrons. The van der Waals surface area contributed by atoms with Crippen LogP contribution in [0.25, 0.3) is 11.1 Å². The molecule has 1 aliphatic rings. The van der Waals surface area contributed by atoms with Gasteiger partial charge in [0.1, 0.15) is 0 Å². The summed E-state index contributed by atoms with van der Waals surface area (Å²) in [7, 11) is 1.97. The van der Waals surface area contributed by atoms with Crippen LogP contribution in [-0.2, 0) is 0 Å². The molecule has 5 nitrogen and oxygen atoms in total. The third-order valence-electron chi connectivity index (χ3n) is 3.93. The number of benzene rings is 1. The average Bonchev–Trinajstić information content (AvgIpc) is 2.72. The molecular weight excluding hydrogens is 242 g/mol. The highest BCUT2D eigenvalue weighted by atomic mass is 16.4. The summed E-state index contributed by atoms with van der Waals surface area (Å²) in [6.45, 7) is 0.719. The number of nitriles is 1.